The quantitative estimate of drug-likeness (QED) is 0.783. The van der Waals surface area contributed by atoms with Crippen molar-refractivity contribution in [2.75, 3.05) is 0 Å². The monoisotopic (exact) mass is 282 g/mol. The second-order valence-electron chi connectivity index (χ2n) is 4.28. The Hall–Kier alpha value is -1.55. The molecule has 0 aliphatic rings. The molecule has 2 rings (SSSR count). The second kappa shape index (κ2) is 6.06. The number of hydrogen-bond acceptors (Lipinski definition) is 2. The van der Waals surface area contributed by atoms with Gasteiger partial charge in [0.1, 0.15) is 6.61 Å². The Kier molecular flexibility index (Phi) is 4.43. The summed E-state index contributed by atoms with van der Waals surface area (Å²) in [6.07, 6.45) is 0. The van der Waals surface area contributed by atoms with Crippen LogP contribution in [0.1, 0.15) is 23.9 Å². The molecule has 5 heteroatoms. The largest absolute Gasteiger partial charge is 0.484 e. The summed E-state index contributed by atoms with van der Waals surface area (Å²) in [5.74, 6) is 0.131. The SMILES string of the molecule is CCn1nc(C)cc1COc1ccc(CCl)cc1F. The molecule has 0 spiro atoms. The van der Waals surface area contributed by atoms with Crippen molar-refractivity contribution in [3.8, 4) is 5.75 Å². The van der Waals surface area contributed by atoms with Gasteiger partial charge in [0.25, 0.3) is 0 Å². The zero-order valence-corrected chi connectivity index (χ0v) is 11.7. The number of hydrogen-bond donors (Lipinski definition) is 0. The molecule has 102 valence electrons. The molecule has 19 heavy (non-hydrogen) atoms. The predicted octanol–water partition coefficient (Wildman–Crippen LogP) is 3.67. The summed E-state index contributed by atoms with van der Waals surface area (Å²) in [5, 5.41) is 4.32. The summed E-state index contributed by atoms with van der Waals surface area (Å²) in [5.41, 5.74) is 2.60. The Morgan fingerprint density at radius 1 is 1.37 bits per heavy atom. The third kappa shape index (κ3) is 3.26. The first-order chi connectivity index (χ1) is 9.13. The Balaban J connectivity index is 2.09. The normalized spacial score (nSPS) is 10.7. The first-order valence-electron chi connectivity index (χ1n) is 6.14. The van der Waals surface area contributed by atoms with Crippen molar-refractivity contribution in [3.05, 3.63) is 47.0 Å². The van der Waals surface area contributed by atoms with Crippen LogP contribution >= 0.6 is 11.6 Å². The van der Waals surface area contributed by atoms with E-state index in [1.54, 1.807) is 12.1 Å². The zero-order valence-electron chi connectivity index (χ0n) is 11.0. The van der Waals surface area contributed by atoms with Gasteiger partial charge < -0.3 is 4.74 Å². The molecule has 0 N–H and O–H groups in total. The van der Waals surface area contributed by atoms with Crippen LogP contribution in [0.15, 0.2) is 24.3 Å². The highest BCUT2D eigenvalue weighted by Gasteiger charge is 2.08. The van der Waals surface area contributed by atoms with Crippen molar-refractivity contribution >= 4 is 11.6 Å². The molecular formula is C14H16ClFN2O. The van der Waals surface area contributed by atoms with Crippen molar-refractivity contribution in [1.29, 1.82) is 0 Å². The van der Waals surface area contributed by atoms with Gasteiger partial charge in [-0.1, -0.05) is 6.07 Å². The molecule has 0 radical (unpaired) electrons. The number of benzene rings is 1. The number of aromatic nitrogens is 2. The molecule has 1 aromatic heterocycles. The van der Waals surface area contributed by atoms with E-state index in [2.05, 4.69) is 5.10 Å². The van der Waals surface area contributed by atoms with Crippen LogP contribution in [0.5, 0.6) is 5.75 Å². The third-order valence-electron chi connectivity index (χ3n) is 2.81. The van der Waals surface area contributed by atoms with Gasteiger partial charge in [0.05, 0.1) is 11.4 Å². The highest BCUT2D eigenvalue weighted by molar-refractivity contribution is 6.17. The third-order valence-corrected chi connectivity index (χ3v) is 3.12. The van der Waals surface area contributed by atoms with Gasteiger partial charge in [-0.2, -0.15) is 5.10 Å². The van der Waals surface area contributed by atoms with Crippen molar-refractivity contribution in [2.45, 2.75) is 32.9 Å². The fourth-order valence-electron chi connectivity index (χ4n) is 1.89. The summed E-state index contributed by atoms with van der Waals surface area (Å²) in [6, 6.07) is 6.69. The van der Waals surface area contributed by atoms with Gasteiger partial charge in [0.15, 0.2) is 11.6 Å². The molecule has 0 fully saturated rings. The average Bonchev–Trinajstić information content (AvgIpc) is 2.77. The molecule has 0 saturated heterocycles. The van der Waals surface area contributed by atoms with E-state index in [1.165, 1.54) is 6.07 Å². The summed E-state index contributed by atoms with van der Waals surface area (Å²) < 4.78 is 21.1. The second-order valence-corrected chi connectivity index (χ2v) is 4.55. The van der Waals surface area contributed by atoms with Crippen molar-refractivity contribution in [1.82, 2.24) is 9.78 Å². The number of alkyl halides is 1. The van der Waals surface area contributed by atoms with E-state index in [-0.39, 0.29) is 5.75 Å². The van der Waals surface area contributed by atoms with Gasteiger partial charge in [-0.05, 0) is 37.6 Å². The van der Waals surface area contributed by atoms with Crippen LogP contribution in [0.3, 0.4) is 0 Å². The minimum atomic E-state index is -0.391. The van der Waals surface area contributed by atoms with Crippen LogP contribution in [0, 0.1) is 12.7 Å². The van der Waals surface area contributed by atoms with E-state index in [9.17, 15) is 4.39 Å². The molecule has 0 saturated carbocycles. The fourth-order valence-corrected chi connectivity index (χ4v) is 2.05. The van der Waals surface area contributed by atoms with E-state index < -0.39 is 5.82 Å². The predicted molar refractivity (Wildman–Crippen MR) is 72.9 cm³/mol. The summed E-state index contributed by atoms with van der Waals surface area (Å²) in [4.78, 5) is 0. The Morgan fingerprint density at radius 2 is 2.16 bits per heavy atom. The van der Waals surface area contributed by atoms with E-state index in [0.717, 1.165) is 23.5 Å². The van der Waals surface area contributed by atoms with Gasteiger partial charge in [-0.25, -0.2) is 4.39 Å². The van der Waals surface area contributed by atoms with Crippen molar-refractivity contribution in [2.24, 2.45) is 0 Å². The fraction of sp³-hybridized carbons (Fsp3) is 0.357. The lowest BCUT2D eigenvalue weighted by molar-refractivity contribution is 0.278. The maximum atomic E-state index is 13.7. The molecule has 1 aromatic carbocycles. The highest BCUT2D eigenvalue weighted by Crippen LogP contribution is 2.20. The zero-order chi connectivity index (χ0) is 13.8. The first-order valence-corrected chi connectivity index (χ1v) is 6.68. The van der Waals surface area contributed by atoms with E-state index in [4.69, 9.17) is 16.3 Å². The van der Waals surface area contributed by atoms with Gasteiger partial charge in [0, 0.05) is 12.4 Å². The van der Waals surface area contributed by atoms with Crippen LogP contribution in [-0.4, -0.2) is 9.78 Å². The van der Waals surface area contributed by atoms with E-state index in [1.807, 2.05) is 24.6 Å². The maximum absolute atomic E-state index is 13.7. The number of rotatable bonds is 5. The number of nitrogens with zero attached hydrogens (tertiary/aromatic N) is 2. The maximum Gasteiger partial charge on any atom is 0.165 e. The van der Waals surface area contributed by atoms with Gasteiger partial charge in [0.2, 0.25) is 0 Å². The molecule has 0 amide bonds. The standard InChI is InChI=1S/C14H16ClFN2O/c1-3-18-12(6-10(2)17-18)9-19-14-5-4-11(8-15)7-13(14)16/h4-7H,3,8-9H2,1-2H3. The lowest BCUT2D eigenvalue weighted by atomic mass is 10.2. The average molecular weight is 283 g/mol. The van der Waals surface area contributed by atoms with Crippen molar-refractivity contribution in [3.63, 3.8) is 0 Å². The Bertz CT molecular complexity index is 569. The van der Waals surface area contributed by atoms with Crippen LogP contribution < -0.4 is 4.74 Å². The van der Waals surface area contributed by atoms with E-state index >= 15 is 0 Å². The van der Waals surface area contributed by atoms with Crippen LogP contribution in [0.2, 0.25) is 0 Å². The molecule has 0 aliphatic carbocycles. The molecule has 0 aliphatic heterocycles. The Labute approximate surface area is 117 Å². The number of halogens is 2. The molecule has 3 nitrogen and oxygen atoms in total. The molecule has 0 atom stereocenters. The molecule has 0 bridgehead atoms. The molecule has 1 heterocycles. The van der Waals surface area contributed by atoms with Gasteiger partial charge >= 0.3 is 0 Å². The highest BCUT2D eigenvalue weighted by atomic mass is 35.5. The molecule has 0 unspecified atom stereocenters. The number of aryl methyl sites for hydroxylation is 2. The van der Waals surface area contributed by atoms with Gasteiger partial charge in [-0.3, -0.25) is 4.68 Å². The minimum Gasteiger partial charge on any atom is -0.484 e. The summed E-state index contributed by atoms with van der Waals surface area (Å²) in [7, 11) is 0. The number of ether oxygens (including phenoxy) is 1. The smallest absolute Gasteiger partial charge is 0.165 e. The molecular weight excluding hydrogens is 267 g/mol. The summed E-state index contributed by atoms with van der Waals surface area (Å²) in [6.45, 7) is 4.99. The topological polar surface area (TPSA) is 27.1 Å². The van der Waals surface area contributed by atoms with Crippen molar-refractivity contribution < 1.29 is 9.13 Å². The van der Waals surface area contributed by atoms with Gasteiger partial charge in [-0.15, -0.1) is 11.6 Å². The minimum absolute atomic E-state index is 0.232. The van der Waals surface area contributed by atoms with E-state index in [0.29, 0.717) is 12.5 Å². The lowest BCUT2D eigenvalue weighted by Crippen LogP contribution is -2.06. The summed E-state index contributed by atoms with van der Waals surface area (Å²) >= 11 is 5.65. The van der Waals surface area contributed by atoms with Crippen LogP contribution in [0.4, 0.5) is 4.39 Å². The molecule has 2 aromatic rings. The van der Waals surface area contributed by atoms with Crippen LogP contribution in [0.25, 0.3) is 0 Å². The lowest BCUT2D eigenvalue weighted by Gasteiger charge is -2.09. The van der Waals surface area contributed by atoms with Crippen LogP contribution in [-0.2, 0) is 19.0 Å². The first kappa shape index (κ1) is 13.9. The Morgan fingerprint density at radius 3 is 2.79 bits per heavy atom.